The van der Waals surface area contributed by atoms with E-state index < -0.39 is 28.3 Å². The molecule has 0 amide bonds. The predicted octanol–water partition coefficient (Wildman–Crippen LogP) is 5.48. The predicted molar refractivity (Wildman–Crippen MR) is 149 cm³/mol. The SMILES string of the molecule is CCCn1cc(COC(c2ccc(C)c(CN3CC(C)Cc4ncccc4S3(O)O)c2)C(C)(C)C(=O)O)nn1. The van der Waals surface area contributed by atoms with Gasteiger partial charge >= 0.3 is 5.97 Å². The van der Waals surface area contributed by atoms with Crippen molar-refractivity contribution in [1.29, 1.82) is 0 Å². The van der Waals surface area contributed by atoms with Crippen LogP contribution in [0.5, 0.6) is 0 Å². The van der Waals surface area contributed by atoms with Crippen molar-refractivity contribution in [3.8, 4) is 0 Å². The first kappa shape index (κ1) is 29.2. The molecule has 0 bridgehead atoms. The molecule has 3 heterocycles. The Morgan fingerprint density at radius 3 is 2.77 bits per heavy atom. The lowest BCUT2D eigenvalue weighted by Gasteiger charge is -2.43. The molecule has 2 unspecified atom stereocenters. The Morgan fingerprint density at radius 2 is 2.05 bits per heavy atom. The molecule has 1 aliphatic rings. The number of aryl methyl sites for hydroxylation is 2. The van der Waals surface area contributed by atoms with E-state index in [2.05, 4.69) is 29.1 Å². The highest BCUT2D eigenvalue weighted by Gasteiger charge is 2.40. The second-order valence-corrected chi connectivity index (χ2v) is 13.0. The van der Waals surface area contributed by atoms with Gasteiger partial charge in [-0.1, -0.05) is 37.3 Å². The van der Waals surface area contributed by atoms with Crippen molar-refractivity contribution in [3.05, 3.63) is 70.8 Å². The lowest BCUT2D eigenvalue weighted by molar-refractivity contribution is -0.158. The second kappa shape index (κ2) is 11.7. The zero-order valence-electron chi connectivity index (χ0n) is 23.2. The number of hydrogen-bond acceptors (Lipinski definition) is 8. The van der Waals surface area contributed by atoms with Crippen LogP contribution in [0.15, 0.2) is 47.6 Å². The molecule has 0 radical (unpaired) electrons. The van der Waals surface area contributed by atoms with E-state index in [4.69, 9.17) is 4.74 Å². The molecule has 0 spiro atoms. The van der Waals surface area contributed by atoms with Gasteiger partial charge in [0.15, 0.2) is 0 Å². The third-order valence-electron chi connectivity index (χ3n) is 7.23. The topological polar surface area (TPSA) is 134 Å². The Morgan fingerprint density at radius 1 is 1.28 bits per heavy atom. The smallest absolute Gasteiger partial charge is 0.312 e. The van der Waals surface area contributed by atoms with Crippen molar-refractivity contribution in [1.82, 2.24) is 24.3 Å². The minimum absolute atomic E-state index is 0.113. The van der Waals surface area contributed by atoms with Crippen molar-refractivity contribution in [2.75, 3.05) is 6.54 Å². The van der Waals surface area contributed by atoms with E-state index in [0.717, 1.165) is 24.1 Å². The molecule has 1 aromatic carbocycles. The second-order valence-electron chi connectivity index (χ2n) is 11.0. The van der Waals surface area contributed by atoms with Gasteiger partial charge in [-0.2, -0.15) is 4.31 Å². The molecule has 2 aromatic heterocycles. The van der Waals surface area contributed by atoms with Gasteiger partial charge in [0.1, 0.15) is 5.69 Å². The van der Waals surface area contributed by atoms with E-state index in [0.29, 0.717) is 34.8 Å². The van der Waals surface area contributed by atoms with Crippen molar-refractivity contribution in [2.24, 2.45) is 11.3 Å². The summed E-state index contributed by atoms with van der Waals surface area (Å²) in [5.41, 5.74) is 2.64. The fraction of sp³-hybridized carbons (Fsp3) is 0.500. The maximum atomic E-state index is 12.3. The summed E-state index contributed by atoms with van der Waals surface area (Å²) in [6.07, 6.45) is 4.30. The van der Waals surface area contributed by atoms with Gasteiger partial charge in [0.05, 0.1) is 34.9 Å². The molecular weight excluding hydrogens is 518 g/mol. The van der Waals surface area contributed by atoms with E-state index in [1.165, 1.54) is 0 Å². The first-order valence-electron chi connectivity index (χ1n) is 13.2. The molecule has 0 aliphatic carbocycles. The maximum Gasteiger partial charge on any atom is 0.312 e. The number of pyridine rings is 1. The number of carboxylic acids is 1. The minimum atomic E-state index is -3.26. The number of benzene rings is 1. The highest BCUT2D eigenvalue weighted by atomic mass is 32.3. The van der Waals surface area contributed by atoms with Crippen molar-refractivity contribution >= 4 is 16.7 Å². The summed E-state index contributed by atoms with van der Waals surface area (Å²) >= 11 is 0. The van der Waals surface area contributed by atoms with E-state index in [1.807, 2.05) is 31.3 Å². The van der Waals surface area contributed by atoms with Crippen molar-refractivity contribution in [3.63, 3.8) is 0 Å². The first-order chi connectivity index (χ1) is 18.4. The molecule has 3 aromatic rings. The largest absolute Gasteiger partial charge is 0.481 e. The van der Waals surface area contributed by atoms with Crippen LogP contribution >= 0.6 is 10.8 Å². The summed E-state index contributed by atoms with van der Waals surface area (Å²) in [5.74, 6) is -0.817. The van der Waals surface area contributed by atoms with Crippen LogP contribution in [0.2, 0.25) is 0 Å². The highest BCUT2D eigenvalue weighted by molar-refractivity contribution is 8.22. The van der Waals surface area contributed by atoms with E-state index >= 15 is 0 Å². The molecule has 0 fully saturated rings. The molecule has 0 saturated heterocycles. The van der Waals surface area contributed by atoms with Gasteiger partial charge < -0.3 is 9.84 Å². The van der Waals surface area contributed by atoms with Crippen molar-refractivity contribution in [2.45, 2.75) is 78.2 Å². The van der Waals surface area contributed by atoms with Gasteiger partial charge in [0.25, 0.3) is 0 Å². The number of hydrogen-bond donors (Lipinski definition) is 3. The Labute approximate surface area is 231 Å². The molecule has 3 N–H and O–H groups in total. The Bertz CT molecular complexity index is 1310. The van der Waals surface area contributed by atoms with Gasteiger partial charge in [-0.15, -0.1) is 15.9 Å². The van der Waals surface area contributed by atoms with Crippen LogP contribution in [0.4, 0.5) is 0 Å². The third kappa shape index (κ3) is 6.33. The maximum absolute atomic E-state index is 12.3. The fourth-order valence-corrected chi connectivity index (χ4v) is 6.70. The zero-order valence-corrected chi connectivity index (χ0v) is 24.1. The van der Waals surface area contributed by atoms with Crippen LogP contribution < -0.4 is 0 Å². The van der Waals surface area contributed by atoms with Gasteiger partial charge in [0.2, 0.25) is 0 Å². The molecule has 212 valence electrons. The fourth-order valence-electron chi connectivity index (χ4n) is 4.93. The zero-order chi connectivity index (χ0) is 28.4. The van der Waals surface area contributed by atoms with Gasteiger partial charge in [-0.3, -0.25) is 23.6 Å². The van der Waals surface area contributed by atoms with Crippen LogP contribution in [0.1, 0.15) is 68.3 Å². The van der Waals surface area contributed by atoms with Crippen LogP contribution in [0, 0.1) is 18.3 Å². The monoisotopic (exact) mass is 557 g/mol. The normalized spacial score (nSPS) is 19.2. The molecule has 2 atom stereocenters. The quantitative estimate of drug-likeness (QED) is 0.296. The summed E-state index contributed by atoms with van der Waals surface area (Å²) < 4.78 is 32.4. The number of nitrogens with zero attached hydrogens (tertiary/aromatic N) is 5. The van der Waals surface area contributed by atoms with Crippen LogP contribution in [0.25, 0.3) is 0 Å². The Kier molecular flexibility index (Phi) is 8.77. The van der Waals surface area contributed by atoms with E-state index in [-0.39, 0.29) is 19.1 Å². The molecule has 0 saturated carbocycles. The number of rotatable bonds is 10. The summed E-state index contributed by atoms with van der Waals surface area (Å²) in [5, 5.41) is 18.3. The number of ether oxygens (including phenoxy) is 1. The van der Waals surface area contributed by atoms with E-state index in [9.17, 15) is 19.0 Å². The lowest BCUT2D eigenvalue weighted by Crippen LogP contribution is -2.33. The third-order valence-corrected chi connectivity index (χ3v) is 9.19. The molecule has 39 heavy (non-hydrogen) atoms. The van der Waals surface area contributed by atoms with Gasteiger partial charge in [0, 0.05) is 25.8 Å². The molecule has 1 aliphatic heterocycles. The average Bonchev–Trinajstić information content (AvgIpc) is 3.29. The average molecular weight is 558 g/mol. The summed E-state index contributed by atoms with van der Waals surface area (Å²) in [6, 6.07) is 9.20. The minimum Gasteiger partial charge on any atom is -0.481 e. The van der Waals surface area contributed by atoms with Crippen LogP contribution in [-0.2, 0) is 35.6 Å². The number of aromatic nitrogens is 4. The summed E-state index contributed by atoms with van der Waals surface area (Å²) in [6.45, 7) is 11.0. The Balaban J connectivity index is 1.64. The van der Waals surface area contributed by atoms with Gasteiger partial charge in [-0.05, 0) is 68.4 Å². The van der Waals surface area contributed by atoms with E-state index in [1.54, 1.807) is 41.2 Å². The highest BCUT2D eigenvalue weighted by Crippen LogP contribution is 2.55. The molecule has 11 heteroatoms. The standard InChI is InChI=1S/C28H39N5O5S/c1-6-12-32-17-23(30-31-32)18-38-26(28(4,5)27(34)35)21-10-9-20(3)22(14-21)16-33-15-19(2)13-24-25(39(33,36)37)8-7-11-29-24/h7-11,14,17,19,26,36-37H,6,12-13,15-16,18H2,1-5H3,(H,34,35). The van der Waals surface area contributed by atoms with Gasteiger partial charge in [-0.25, -0.2) is 0 Å². The van der Waals surface area contributed by atoms with Crippen LogP contribution in [0.3, 0.4) is 0 Å². The molecule has 4 rings (SSSR count). The number of carbonyl (C=O) groups is 1. The number of aliphatic carboxylic acids is 1. The lowest BCUT2D eigenvalue weighted by atomic mass is 9.81. The summed E-state index contributed by atoms with van der Waals surface area (Å²) in [7, 11) is -3.26. The summed E-state index contributed by atoms with van der Waals surface area (Å²) in [4.78, 5) is 17.2. The number of carboxylic acid groups (broad SMARTS) is 1. The first-order valence-corrected chi connectivity index (χ1v) is 14.7. The molecule has 10 nitrogen and oxygen atoms in total. The van der Waals surface area contributed by atoms with Crippen molar-refractivity contribution < 1.29 is 23.7 Å². The Hall–Kier alpha value is -2.83. The number of fused-ring (bicyclic) bond motifs is 1. The molecular formula is C28H39N5O5S. The van der Waals surface area contributed by atoms with Crippen LogP contribution in [-0.4, -0.2) is 51.0 Å².